The molecule has 0 aliphatic carbocycles. The average Bonchev–Trinajstić information content (AvgIpc) is 3.16. The Morgan fingerprint density at radius 1 is 0.971 bits per heavy atom. The zero-order valence-corrected chi connectivity index (χ0v) is 20.7. The van der Waals surface area contributed by atoms with E-state index in [1.807, 2.05) is 36.4 Å². The smallest absolute Gasteiger partial charge is 0.270 e. The molecule has 1 aliphatic heterocycles. The average molecular weight is 507 g/mol. The van der Waals surface area contributed by atoms with Crippen LogP contribution in [0.3, 0.4) is 0 Å². The molecule has 0 spiro atoms. The Hall–Kier alpha value is -3.82. The van der Waals surface area contributed by atoms with Crippen molar-refractivity contribution >= 4 is 57.6 Å². The zero-order chi connectivity index (χ0) is 24.8. The van der Waals surface area contributed by atoms with Crippen LogP contribution in [-0.2, 0) is 9.59 Å². The summed E-state index contributed by atoms with van der Waals surface area (Å²) in [6, 6.07) is 21.6. The number of nitrogens with zero attached hydrogens (tertiary/aromatic N) is 1. The van der Waals surface area contributed by atoms with Gasteiger partial charge in [-0.1, -0.05) is 60.4 Å². The highest BCUT2D eigenvalue weighted by molar-refractivity contribution is 8.27. The summed E-state index contributed by atoms with van der Waals surface area (Å²) < 4.78 is 16.8. The summed E-state index contributed by atoms with van der Waals surface area (Å²) >= 11 is 6.66. The van der Waals surface area contributed by atoms with Crippen molar-refractivity contribution in [3.05, 3.63) is 83.3 Å². The fourth-order valence-electron chi connectivity index (χ4n) is 3.39. The maximum atomic E-state index is 13.0. The molecule has 1 fully saturated rings. The molecule has 3 aromatic carbocycles. The van der Waals surface area contributed by atoms with Crippen molar-refractivity contribution < 1.29 is 23.8 Å². The fourth-order valence-corrected chi connectivity index (χ4v) is 4.69. The van der Waals surface area contributed by atoms with Crippen LogP contribution in [0.5, 0.6) is 17.2 Å². The van der Waals surface area contributed by atoms with E-state index < -0.39 is 0 Å². The van der Waals surface area contributed by atoms with E-state index in [-0.39, 0.29) is 18.4 Å². The first-order valence-corrected chi connectivity index (χ1v) is 11.8. The van der Waals surface area contributed by atoms with E-state index in [0.717, 1.165) is 11.3 Å². The van der Waals surface area contributed by atoms with Gasteiger partial charge in [-0.15, -0.1) is 0 Å². The van der Waals surface area contributed by atoms with Gasteiger partial charge in [0.2, 0.25) is 0 Å². The predicted octanol–water partition coefficient (Wildman–Crippen LogP) is 5.13. The molecule has 35 heavy (non-hydrogen) atoms. The third-order valence-corrected chi connectivity index (χ3v) is 6.34. The maximum absolute atomic E-state index is 13.0. The van der Waals surface area contributed by atoms with E-state index in [4.69, 9.17) is 26.4 Å². The first kappa shape index (κ1) is 24.3. The molecule has 0 aromatic heterocycles. The molecule has 178 valence electrons. The van der Waals surface area contributed by atoms with Crippen LogP contribution in [0, 0.1) is 0 Å². The monoisotopic (exact) mass is 506 g/mol. The highest BCUT2D eigenvalue weighted by atomic mass is 32.2. The lowest BCUT2D eigenvalue weighted by Crippen LogP contribution is -2.27. The Kier molecular flexibility index (Phi) is 7.69. The minimum atomic E-state index is -0.342. The molecule has 9 heteroatoms. The van der Waals surface area contributed by atoms with Crippen molar-refractivity contribution in [1.29, 1.82) is 0 Å². The number of benzene rings is 3. The molecule has 0 radical (unpaired) electrons. The zero-order valence-electron chi connectivity index (χ0n) is 19.0. The molecular formula is C26H22N2O5S2. The van der Waals surface area contributed by atoms with Crippen molar-refractivity contribution in [2.45, 2.75) is 0 Å². The van der Waals surface area contributed by atoms with Crippen molar-refractivity contribution in [3.63, 3.8) is 0 Å². The Morgan fingerprint density at radius 2 is 1.69 bits per heavy atom. The maximum Gasteiger partial charge on any atom is 0.270 e. The number of thiocarbonyl (C=S) groups is 1. The van der Waals surface area contributed by atoms with Gasteiger partial charge in [-0.25, -0.2) is 0 Å². The van der Waals surface area contributed by atoms with Gasteiger partial charge in [0.1, 0.15) is 5.75 Å². The molecule has 1 aliphatic rings. The van der Waals surface area contributed by atoms with E-state index in [9.17, 15) is 9.59 Å². The van der Waals surface area contributed by atoms with Crippen molar-refractivity contribution in [1.82, 2.24) is 0 Å². The second kappa shape index (κ2) is 11.1. The standard InChI is InChI=1S/C26H22N2O5S2/c1-31-20-11-7-6-10-19(20)27-24(29)16-33-21-13-12-17(14-22(21)32-2)15-23-25(30)28(26(34)35-23)18-8-4-3-5-9-18/h3-15H,16H2,1-2H3,(H,27,29)/b23-15-. The van der Waals surface area contributed by atoms with Crippen LogP contribution in [0.25, 0.3) is 6.08 Å². The normalized spacial score (nSPS) is 14.2. The number of hydrogen-bond donors (Lipinski definition) is 1. The summed E-state index contributed by atoms with van der Waals surface area (Å²) in [5.74, 6) is 0.864. The van der Waals surface area contributed by atoms with E-state index in [1.54, 1.807) is 42.5 Å². The van der Waals surface area contributed by atoms with Gasteiger partial charge >= 0.3 is 0 Å². The summed E-state index contributed by atoms with van der Waals surface area (Å²) in [6.45, 7) is -0.219. The lowest BCUT2D eigenvalue weighted by molar-refractivity contribution is -0.118. The quantitative estimate of drug-likeness (QED) is 0.335. The predicted molar refractivity (Wildman–Crippen MR) is 142 cm³/mol. The highest BCUT2D eigenvalue weighted by Crippen LogP contribution is 2.37. The number of para-hydroxylation sites is 3. The SMILES string of the molecule is COc1ccccc1NC(=O)COc1ccc(/C=C2\SC(=S)N(c3ccccc3)C2=O)cc1OC. The van der Waals surface area contributed by atoms with E-state index in [1.165, 1.54) is 30.9 Å². The topological polar surface area (TPSA) is 77.1 Å². The first-order valence-electron chi connectivity index (χ1n) is 10.6. The molecule has 0 atom stereocenters. The Labute approximate surface area is 212 Å². The van der Waals surface area contributed by atoms with Gasteiger partial charge < -0.3 is 19.5 Å². The number of nitrogens with one attached hydrogen (secondary N) is 1. The number of thioether (sulfide) groups is 1. The van der Waals surface area contributed by atoms with Crippen LogP contribution < -0.4 is 24.4 Å². The van der Waals surface area contributed by atoms with Crippen LogP contribution in [0.15, 0.2) is 77.7 Å². The van der Waals surface area contributed by atoms with Crippen molar-refractivity contribution in [2.24, 2.45) is 0 Å². The summed E-state index contributed by atoms with van der Waals surface area (Å²) in [4.78, 5) is 27.3. The van der Waals surface area contributed by atoms with Gasteiger partial charge in [-0.3, -0.25) is 14.5 Å². The molecule has 0 bridgehead atoms. The van der Waals surface area contributed by atoms with E-state index in [0.29, 0.717) is 32.2 Å². The number of methoxy groups -OCH3 is 2. The van der Waals surface area contributed by atoms with Crippen LogP contribution in [-0.4, -0.2) is 37.0 Å². The number of ether oxygens (including phenoxy) is 3. The minimum Gasteiger partial charge on any atom is -0.495 e. The number of rotatable bonds is 8. The van der Waals surface area contributed by atoms with E-state index >= 15 is 0 Å². The van der Waals surface area contributed by atoms with Gasteiger partial charge in [-0.2, -0.15) is 0 Å². The molecule has 1 N–H and O–H groups in total. The second-order valence-electron chi connectivity index (χ2n) is 7.30. The third kappa shape index (κ3) is 5.64. The van der Waals surface area contributed by atoms with Crippen LogP contribution in [0.4, 0.5) is 11.4 Å². The van der Waals surface area contributed by atoms with Crippen molar-refractivity contribution in [3.8, 4) is 17.2 Å². The minimum absolute atomic E-state index is 0.182. The van der Waals surface area contributed by atoms with Crippen molar-refractivity contribution in [2.75, 3.05) is 31.0 Å². The fraction of sp³-hybridized carbons (Fsp3) is 0.115. The molecular weight excluding hydrogens is 484 g/mol. The number of amides is 2. The summed E-state index contributed by atoms with van der Waals surface area (Å²) in [5, 5.41) is 2.76. The molecule has 1 saturated heterocycles. The van der Waals surface area contributed by atoms with Gasteiger partial charge in [-0.05, 0) is 48.0 Å². The van der Waals surface area contributed by atoms with Gasteiger partial charge in [0.25, 0.3) is 11.8 Å². The summed E-state index contributed by atoms with van der Waals surface area (Å²) in [6.07, 6.45) is 1.75. The van der Waals surface area contributed by atoms with Crippen LogP contribution in [0.2, 0.25) is 0 Å². The largest absolute Gasteiger partial charge is 0.495 e. The molecule has 0 saturated carbocycles. The highest BCUT2D eigenvalue weighted by Gasteiger charge is 2.33. The molecule has 3 aromatic rings. The summed E-state index contributed by atoms with van der Waals surface area (Å²) in [5.41, 5.74) is 2.02. The molecule has 4 rings (SSSR count). The van der Waals surface area contributed by atoms with E-state index in [2.05, 4.69) is 5.32 Å². The van der Waals surface area contributed by atoms with Gasteiger partial charge in [0.15, 0.2) is 22.4 Å². The number of hydrogen-bond acceptors (Lipinski definition) is 7. The molecule has 7 nitrogen and oxygen atoms in total. The summed E-state index contributed by atoms with van der Waals surface area (Å²) in [7, 11) is 3.04. The molecule has 1 heterocycles. The Morgan fingerprint density at radius 3 is 2.43 bits per heavy atom. The number of anilines is 2. The van der Waals surface area contributed by atoms with Crippen LogP contribution in [0.1, 0.15) is 5.56 Å². The Balaban J connectivity index is 1.45. The molecule has 2 amide bonds. The lowest BCUT2D eigenvalue weighted by atomic mass is 10.2. The Bertz CT molecular complexity index is 1290. The first-order chi connectivity index (χ1) is 17.0. The lowest BCUT2D eigenvalue weighted by Gasteiger charge is -2.14. The second-order valence-corrected chi connectivity index (χ2v) is 8.98. The molecule has 0 unspecified atom stereocenters. The van der Waals surface area contributed by atoms with Crippen LogP contribution >= 0.6 is 24.0 Å². The van der Waals surface area contributed by atoms with Gasteiger partial charge in [0.05, 0.1) is 30.5 Å². The number of carbonyl (C=O) groups is 2. The van der Waals surface area contributed by atoms with Gasteiger partial charge in [0, 0.05) is 0 Å². The third-order valence-electron chi connectivity index (χ3n) is 5.03. The number of carbonyl (C=O) groups excluding carboxylic acids is 2.